The largest absolute Gasteiger partial charge is 0.507 e. The first-order chi connectivity index (χ1) is 15.0. The Morgan fingerprint density at radius 2 is 1.97 bits per heavy atom. The molecule has 0 saturated carbocycles. The van der Waals surface area contributed by atoms with E-state index < -0.39 is 11.7 Å². The number of rotatable bonds is 5. The quantitative estimate of drug-likeness (QED) is 0.469. The van der Waals surface area contributed by atoms with Gasteiger partial charge in [-0.25, -0.2) is 14.1 Å². The number of carbonyl (C=O) groups excluding carboxylic acids is 1. The molecule has 9 heteroatoms. The Morgan fingerprint density at radius 3 is 2.71 bits per heavy atom. The third-order valence-corrected chi connectivity index (χ3v) is 5.12. The number of nitrogens with two attached hydrogens (primary N) is 1. The summed E-state index contributed by atoms with van der Waals surface area (Å²) in [5.74, 6) is -1.43. The molecule has 2 aromatic heterocycles. The molecule has 0 spiro atoms. The first-order valence-electron chi connectivity index (χ1n) is 9.11. The van der Waals surface area contributed by atoms with Gasteiger partial charge in [-0.15, -0.1) is 11.3 Å². The van der Waals surface area contributed by atoms with Crippen molar-refractivity contribution in [2.45, 2.75) is 0 Å². The number of hydrogen-bond acceptors (Lipinski definition) is 6. The van der Waals surface area contributed by atoms with Crippen LogP contribution in [0.2, 0.25) is 0 Å². The number of carbonyl (C=O) groups is 1. The Labute approximate surface area is 180 Å². The first-order valence-corrected chi connectivity index (χ1v) is 9.99. The van der Waals surface area contributed by atoms with E-state index in [-0.39, 0.29) is 17.0 Å². The lowest BCUT2D eigenvalue weighted by Gasteiger charge is -2.06. The summed E-state index contributed by atoms with van der Waals surface area (Å²) in [4.78, 5) is 20.7. The Hall–Kier alpha value is -4.11. The van der Waals surface area contributed by atoms with Crippen LogP contribution in [0.4, 0.5) is 10.1 Å². The lowest BCUT2D eigenvalue weighted by atomic mass is 10.1. The van der Waals surface area contributed by atoms with Gasteiger partial charge in [-0.05, 0) is 42.5 Å². The number of aromatic nitrogens is 2. The van der Waals surface area contributed by atoms with Gasteiger partial charge in [-0.2, -0.15) is 5.10 Å². The standard InChI is InChI=1S/C22H16FN5O2S/c23-17-6-1-2-7-18(17)27-22-28(26-12-15-5-3-4-10-25-15)19(13-31-22)14-8-9-20(29)16(11-14)21(24)30/h1-13,29H,(H2,24,30)/b26-12+,27-22?. The predicted octanol–water partition coefficient (Wildman–Crippen LogP) is 3.67. The maximum absolute atomic E-state index is 14.1. The number of amides is 1. The van der Waals surface area contributed by atoms with Gasteiger partial charge in [0.1, 0.15) is 17.3 Å². The van der Waals surface area contributed by atoms with Crippen LogP contribution in [0.5, 0.6) is 5.75 Å². The zero-order chi connectivity index (χ0) is 21.8. The van der Waals surface area contributed by atoms with Crippen LogP contribution in [-0.4, -0.2) is 26.9 Å². The number of para-hydroxylation sites is 1. The Kier molecular flexibility index (Phi) is 5.67. The molecule has 0 saturated heterocycles. The number of primary amides is 1. The Morgan fingerprint density at radius 1 is 1.16 bits per heavy atom. The van der Waals surface area contributed by atoms with Crippen molar-refractivity contribution in [2.24, 2.45) is 15.8 Å². The number of nitrogens with zero attached hydrogens (tertiary/aromatic N) is 4. The molecule has 7 nitrogen and oxygen atoms in total. The molecular formula is C22H16FN5O2S. The van der Waals surface area contributed by atoms with Gasteiger partial charge in [-0.1, -0.05) is 18.2 Å². The zero-order valence-electron chi connectivity index (χ0n) is 16.0. The van der Waals surface area contributed by atoms with Crippen molar-refractivity contribution in [1.29, 1.82) is 0 Å². The van der Waals surface area contributed by atoms with E-state index in [4.69, 9.17) is 5.73 Å². The van der Waals surface area contributed by atoms with Crippen molar-refractivity contribution in [2.75, 3.05) is 0 Å². The minimum atomic E-state index is -0.755. The summed E-state index contributed by atoms with van der Waals surface area (Å²) in [7, 11) is 0. The molecule has 0 aliphatic carbocycles. The highest BCUT2D eigenvalue weighted by atomic mass is 32.1. The normalized spacial score (nSPS) is 11.8. The Bertz CT molecular complexity index is 1350. The molecule has 1 amide bonds. The van der Waals surface area contributed by atoms with Gasteiger partial charge in [0.15, 0.2) is 0 Å². The third kappa shape index (κ3) is 4.41. The van der Waals surface area contributed by atoms with Gasteiger partial charge in [0.25, 0.3) is 5.91 Å². The van der Waals surface area contributed by atoms with Crippen LogP contribution in [0.1, 0.15) is 16.1 Å². The van der Waals surface area contributed by atoms with Crippen LogP contribution in [-0.2, 0) is 0 Å². The van der Waals surface area contributed by atoms with Crippen molar-refractivity contribution in [3.63, 3.8) is 0 Å². The SMILES string of the molecule is NC(=O)c1cc(-c2csc(=Nc3ccccc3F)n2/N=C/c2ccccn2)ccc1O. The van der Waals surface area contributed by atoms with E-state index in [1.165, 1.54) is 34.2 Å². The minimum absolute atomic E-state index is 0.0171. The molecule has 3 N–H and O–H groups in total. The topological polar surface area (TPSA) is 106 Å². The van der Waals surface area contributed by atoms with Gasteiger partial charge in [-0.3, -0.25) is 9.78 Å². The summed E-state index contributed by atoms with van der Waals surface area (Å²) in [5, 5.41) is 16.2. The molecule has 2 aromatic carbocycles. The van der Waals surface area contributed by atoms with Gasteiger partial charge in [0.05, 0.1) is 23.2 Å². The summed E-state index contributed by atoms with van der Waals surface area (Å²) in [6, 6.07) is 16.1. The number of pyridine rings is 1. The lowest BCUT2D eigenvalue weighted by Crippen LogP contribution is -2.13. The average molecular weight is 433 g/mol. The Balaban J connectivity index is 1.89. The van der Waals surface area contributed by atoms with E-state index in [1.807, 2.05) is 6.07 Å². The van der Waals surface area contributed by atoms with Crippen LogP contribution in [0, 0.1) is 5.82 Å². The van der Waals surface area contributed by atoms with Gasteiger partial charge in [0, 0.05) is 17.1 Å². The smallest absolute Gasteiger partial charge is 0.252 e. The summed E-state index contributed by atoms with van der Waals surface area (Å²) in [6.07, 6.45) is 3.19. The van der Waals surface area contributed by atoms with Crippen molar-refractivity contribution in [1.82, 2.24) is 9.66 Å². The van der Waals surface area contributed by atoms with Crippen LogP contribution in [0.15, 0.2) is 82.3 Å². The third-order valence-electron chi connectivity index (χ3n) is 4.30. The highest BCUT2D eigenvalue weighted by Crippen LogP contribution is 2.27. The molecule has 0 aliphatic heterocycles. The second-order valence-electron chi connectivity index (χ2n) is 6.37. The molecule has 2 heterocycles. The number of phenols is 1. The van der Waals surface area contributed by atoms with Crippen LogP contribution >= 0.6 is 11.3 Å². The fraction of sp³-hybridized carbons (Fsp3) is 0. The van der Waals surface area contributed by atoms with Gasteiger partial charge in [0.2, 0.25) is 4.80 Å². The first kappa shape index (κ1) is 20.2. The van der Waals surface area contributed by atoms with E-state index >= 15 is 0 Å². The van der Waals surface area contributed by atoms with Crippen molar-refractivity contribution in [3.05, 3.63) is 94.1 Å². The summed E-state index contributed by atoms with van der Waals surface area (Å²) >= 11 is 1.24. The highest BCUT2D eigenvalue weighted by Gasteiger charge is 2.13. The van der Waals surface area contributed by atoms with Crippen LogP contribution in [0.25, 0.3) is 11.3 Å². The van der Waals surface area contributed by atoms with Gasteiger partial charge < -0.3 is 10.8 Å². The average Bonchev–Trinajstić information content (AvgIpc) is 3.17. The molecule has 31 heavy (non-hydrogen) atoms. The molecule has 4 rings (SSSR count). The van der Waals surface area contributed by atoms with E-state index in [2.05, 4.69) is 15.1 Å². The molecule has 0 unspecified atom stereocenters. The predicted molar refractivity (Wildman–Crippen MR) is 117 cm³/mol. The fourth-order valence-electron chi connectivity index (χ4n) is 2.79. The number of halogens is 1. The lowest BCUT2D eigenvalue weighted by molar-refractivity contribution is 0.0998. The second kappa shape index (κ2) is 8.72. The van der Waals surface area contributed by atoms with E-state index in [0.717, 1.165) is 0 Å². The van der Waals surface area contributed by atoms with E-state index in [9.17, 15) is 14.3 Å². The van der Waals surface area contributed by atoms with E-state index in [1.54, 1.807) is 54.2 Å². The van der Waals surface area contributed by atoms with Crippen LogP contribution < -0.4 is 10.5 Å². The summed E-state index contributed by atoms with van der Waals surface area (Å²) < 4.78 is 15.7. The molecule has 0 atom stereocenters. The summed E-state index contributed by atoms with van der Waals surface area (Å²) in [5.41, 5.74) is 7.28. The zero-order valence-corrected chi connectivity index (χ0v) is 16.8. The maximum Gasteiger partial charge on any atom is 0.252 e. The summed E-state index contributed by atoms with van der Waals surface area (Å²) in [6.45, 7) is 0. The fourth-order valence-corrected chi connectivity index (χ4v) is 3.64. The van der Waals surface area contributed by atoms with Crippen molar-refractivity contribution < 1.29 is 14.3 Å². The molecule has 0 fully saturated rings. The molecule has 154 valence electrons. The maximum atomic E-state index is 14.1. The molecule has 0 aliphatic rings. The van der Waals surface area contributed by atoms with Crippen molar-refractivity contribution >= 4 is 29.1 Å². The highest BCUT2D eigenvalue weighted by molar-refractivity contribution is 7.07. The molecular weight excluding hydrogens is 417 g/mol. The number of aromatic hydroxyl groups is 1. The molecule has 0 radical (unpaired) electrons. The second-order valence-corrected chi connectivity index (χ2v) is 7.21. The van der Waals surface area contributed by atoms with Gasteiger partial charge >= 0.3 is 0 Å². The number of thiazole rings is 1. The number of hydrogen-bond donors (Lipinski definition) is 2. The molecule has 4 aromatic rings. The minimum Gasteiger partial charge on any atom is -0.507 e. The van der Waals surface area contributed by atoms with Crippen molar-refractivity contribution in [3.8, 4) is 17.0 Å². The van der Waals surface area contributed by atoms with Crippen LogP contribution in [0.3, 0.4) is 0 Å². The molecule has 0 bridgehead atoms. The van der Waals surface area contributed by atoms with E-state index in [0.29, 0.717) is 21.8 Å². The monoisotopic (exact) mass is 433 g/mol. The number of benzene rings is 2.